The van der Waals surface area contributed by atoms with Crippen LogP contribution in [0, 0.1) is 0 Å². The van der Waals surface area contributed by atoms with Gasteiger partial charge in [0.1, 0.15) is 0 Å². The molecular formula is C10H19IO2. The van der Waals surface area contributed by atoms with Crippen LogP contribution in [0.4, 0.5) is 0 Å². The second-order valence-corrected chi connectivity index (χ2v) is 3.64. The number of rotatable bonds is 9. The van der Waals surface area contributed by atoms with Gasteiger partial charge in [0.15, 0.2) is 6.29 Å². The lowest BCUT2D eigenvalue weighted by atomic mass is 10.4. The Morgan fingerprint density at radius 3 is 2.62 bits per heavy atom. The summed E-state index contributed by atoms with van der Waals surface area (Å²) in [7, 11) is 0. The van der Waals surface area contributed by atoms with Crippen molar-refractivity contribution in [3.8, 4) is 0 Å². The third-order valence-electron chi connectivity index (χ3n) is 1.55. The predicted molar refractivity (Wildman–Crippen MR) is 64.3 cm³/mol. The van der Waals surface area contributed by atoms with E-state index in [-0.39, 0.29) is 6.29 Å². The number of hydrogen-bond acceptors (Lipinski definition) is 2. The van der Waals surface area contributed by atoms with E-state index >= 15 is 0 Å². The molecule has 1 atom stereocenters. The molecule has 0 radical (unpaired) electrons. The molecule has 0 saturated carbocycles. The summed E-state index contributed by atoms with van der Waals surface area (Å²) in [6, 6.07) is 0. The fourth-order valence-electron chi connectivity index (χ4n) is 0.779. The number of hydrogen-bond donors (Lipinski definition) is 0. The summed E-state index contributed by atoms with van der Waals surface area (Å²) >= 11 is 2.28. The van der Waals surface area contributed by atoms with E-state index < -0.39 is 0 Å². The van der Waals surface area contributed by atoms with Crippen LogP contribution in [-0.4, -0.2) is 23.9 Å². The third kappa shape index (κ3) is 8.71. The van der Waals surface area contributed by atoms with Gasteiger partial charge in [-0.05, 0) is 12.8 Å². The van der Waals surface area contributed by atoms with E-state index in [1.807, 2.05) is 6.08 Å². The molecule has 78 valence electrons. The second kappa shape index (κ2) is 10.5. The molecule has 0 spiro atoms. The number of unbranched alkanes of at least 4 members (excludes halogenated alkanes) is 1. The van der Waals surface area contributed by atoms with Crippen LogP contribution in [0.3, 0.4) is 0 Å². The number of alkyl halides is 1. The molecule has 0 rings (SSSR count). The SMILES string of the molecule is C=CCCOC(CI)OCCCC. The van der Waals surface area contributed by atoms with Crippen LogP contribution in [0.5, 0.6) is 0 Å². The predicted octanol–water partition coefficient (Wildman–Crippen LogP) is 3.16. The molecular weight excluding hydrogens is 279 g/mol. The molecule has 0 aromatic carbocycles. The molecule has 1 unspecified atom stereocenters. The molecule has 0 aliphatic carbocycles. The van der Waals surface area contributed by atoms with E-state index in [1.54, 1.807) is 0 Å². The molecule has 0 aliphatic rings. The standard InChI is InChI=1S/C10H19IO2/c1-3-5-7-12-10(9-11)13-8-6-4-2/h3,10H,1,4-9H2,2H3. The highest BCUT2D eigenvalue weighted by Gasteiger charge is 2.05. The largest absolute Gasteiger partial charge is 0.352 e. The second-order valence-electron chi connectivity index (χ2n) is 2.76. The van der Waals surface area contributed by atoms with Crippen LogP contribution in [0.25, 0.3) is 0 Å². The summed E-state index contributed by atoms with van der Waals surface area (Å²) in [4.78, 5) is 0. The Morgan fingerprint density at radius 2 is 2.08 bits per heavy atom. The van der Waals surface area contributed by atoms with Gasteiger partial charge in [-0.1, -0.05) is 42.0 Å². The van der Waals surface area contributed by atoms with Crippen molar-refractivity contribution in [2.75, 3.05) is 17.6 Å². The summed E-state index contributed by atoms with van der Waals surface area (Å²) < 4.78 is 11.9. The zero-order valence-corrected chi connectivity index (χ0v) is 10.5. The molecule has 0 heterocycles. The highest BCUT2D eigenvalue weighted by molar-refractivity contribution is 14.1. The molecule has 0 aromatic heterocycles. The first kappa shape index (κ1) is 13.4. The number of ether oxygens (including phenoxy) is 2. The van der Waals surface area contributed by atoms with E-state index in [4.69, 9.17) is 9.47 Å². The van der Waals surface area contributed by atoms with Gasteiger partial charge >= 0.3 is 0 Å². The normalized spacial score (nSPS) is 12.8. The van der Waals surface area contributed by atoms with Gasteiger partial charge in [-0.3, -0.25) is 0 Å². The molecule has 0 N–H and O–H groups in total. The Kier molecular flexibility index (Phi) is 10.8. The Hall–Kier alpha value is 0.390. The molecule has 0 saturated heterocycles. The van der Waals surface area contributed by atoms with Gasteiger partial charge in [-0.15, -0.1) is 6.58 Å². The van der Waals surface area contributed by atoms with E-state index in [0.717, 1.165) is 23.9 Å². The molecule has 13 heavy (non-hydrogen) atoms. The minimum atomic E-state index is -0.0351. The monoisotopic (exact) mass is 298 g/mol. The van der Waals surface area contributed by atoms with Crippen LogP contribution in [0.2, 0.25) is 0 Å². The first-order chi connectivity index (χ1) is 6.35. The van der Waals surface area contributed by atoms with E-state index in [1.165, 1.54) is 6.42 Å². The Balaban J connectivity index is 3.33. The maximum atomic E-state index is 5.51. The van der Waals surface area contributed by atoms with E-state index in [9.17, 15) is 0 Å². The van der Waals surface area contributed by atoms with Gasteiger partial charge in [0.05, 0.1) is 11.0 Å². The van der Waals surface area contributed by atoms with E-state index in [0.29, 0.717) is 6.61 Å². The van der Waals surface area contributed by atoms with Crippen molar-refractivity contribution in [1.82, 2.24) is 0 Å². The lowest BCUT2D eigenvalue weighted by molar-refractivity contribution is -0.124. The molecule has 0 fully saturated rings. The summed E-state index contributed by atoms with van der Waals surface area (Å²) in [5.74, 6) is 0. The molecule has 0 bridgehead atoms. The van der Waals surface area contributed by atoms with Crippen molar-refractivity contribution < 1.29 is 9.47 Å². The molecule has 2 nitrogen and oxygen atoms in total. The minimum absolute atomic E-state index is 0.0351. The highest BCUT2D eigenvalue weighted by Crippen LogP contribution is 2.02. The average molecular weight is 298 g/mol. The first-order valence-electron chi connectivity index (χ1n) is 4.75. The van der Waals surface area contributed by atoms with Crippen LogP contribution in [-0.2, 0) is 9.47 Å². The van der Waals surface area contributed by atoms with Crippen LogP contribution in [0.15, 0.2) is 12.7 Å². The zero-order chi connectivity index (χ0) is 9.94. The topological polar surface area (TPSA) is 18.5 Å². The maximum Gasteiger partial charge on any atom is 0.166 e. The van der Waals surface area contributed by atoms with Gasteiger partial charge in [-0.2, -0.15) is 0 Å². The number of halogens is 1. The van der Waals surface area contributed by atoms with Crippen molar-refractivity contribution >= 4 is 22.6 Å². The highest BCUT2D eigenvalue weighted by atomic mass is 127. The van der Waals surface area contributed by atoms with Crippen molar-refractivity contribution in [2.24, 2.45) is 0 Å². The van der Waals surface area contributed by atoms with Crippen LogP contribution >= 0.6 is 22.6 Å². The minimum Gasteiger partial charge on any atom is -0.352 e. The van der Waals surface area contributed by atoms with Crippen LogP contribution in [0.1, 0.15) is 26.2 Å². The zero-order valence-electron chi connectivity index (χ0n) is 8.30. The van der Waals surface area contributed by atoms with Gasteiger partial charge in [0, 0.05) is 6.61 Å². The lowest BCUT2D eigenvalue weighted by Gasteiger charge is -2.15. The molecule has 0 aliphatic heterocycles. The quantitative estimate of drug-likeness (QED) is 0.214. The van der Waals surface area contributed by atoms with Gasteiger partial charge < -0.3 is 9.47 Å². The summed E-state index contributed by atoms with van der Waals surface area (Å²) in [5.41, 5.74) is 0. The Labute approximate surface area is 94.8 Å². The van der Waals surface area contributed by atoms with Crippen LogP contribution < -0.4 is 0 Å². The van der Waals surface area contributed by atoms with Crippen molar-refractivity contribution in [3.05, 3.63) is 12.7 Å². The van der Waals surface area contributed by atoms with Gasteiger partial charge in [-0.25, -0.2) is 0 Å². The van der Waals surface area contributed by atoms with Crippen molar-refractivity contribution in [2.45, 2.75) is 32.5 Å². The van der Waals surface area contributed by atoms with Gasteiger partial charge in [0.25, 0.3) is 0 Å². The fraction of sp³-hybridized carbons (Fsp3) is 0.800. The summed E-state index contributed by atoms with van der Waals surface area (Å²) in [5, 5.41) is 0. The Morgan fingerprint density at radius 1 is 1.38 bits per heavy atom. The lowest BCUT2D eigenvalue weighted by Crippen LogP contribution is -2.19. The molecule has 0 amide bonds. The maximum absolute atomic E-state index is 5.51. The summed E-state index contributed by atoms with van der Waals surface area (Å²) in [6.07, 6.45) is 4.99. The fourth-order valence-corrected chi connectivity index (χ4v) is 1.29. The van der Waals surface area contributed by atoms with Gasteiger partial charge in [0.2, 0.25) is 0 Å². The van der Waals surface area contributed by atoms with E-state index in [2.05, 4.69) is 36.1 Å². The smallest absolute Gasteiger partial charge is 0.166 e. The summed E-state index contributed by atoms with van der Waals surface area (Å²) in [6.45, 7) is 7.31. The molecule has 0 aromatic rings. The average Bonchev–Trinajstić information content (AvgIpc) is 2.16. The molecule has 3 heteroatoms. The van der Waals surface area contributed by atoms with Crippen molar-refractivity contribution in [3.63, 3.8) is 0 Å². The third-order valence-corrected chi connectivity index (χ3v) is 2.27. The Bertz CT molecular complexity index is 117. The first-order valence-corrected chi connectivity index (χ1v) is 6.27. The van der Waals surface area contributed by atoms with Crippen molar-refractivity contribution in [1.29, 1.82) is 0 Å².